The van der Waals surface area contributed by atoms with Crippen molar-refractivity contribution < 1.29 is 9.53 Å². The summed E-state index contributed by atoms with van der Waals surface area (Å²) in [6.45, 7) is 2.13. The Bertz CT molecular complexity index is 324. The number of piperazine rings is 1. The highest BCUT2D eigenvalue weighted by molar-refractivity contribution is 5.88. The number of nitriles is 1. The highest BCUT2D eigenvalue weighted by Crippen LogP contribution is 2.11. The largest absolute Gasteiger partial charge is 0.381 e. The molecule has 6 nitrogen and oxygen atoms in total. The molecule has 1 atom stereocenters. The van der Waals surface area contributed by atoms with Crippen molar-refractivity contribution in [2.24, 2.45) is 5.84 Å². The lowest BCUT2D eigenvalue weighted by Gasteiger charge is -2.38. The molecule has 1 rings (SSSR count). The number of nitrogens with zero attached hydrogens (tertiary/aromatic N) is 3. The molecule has 0 aliphatic carbocycles. The third kappa shape index (κ3) is 4.15. The van der Waals surface area contributed by atoms with Crippen molar-refractivity contribution in [3.63, 3.8) is 0 Å². The van der Waals surface area contributed by atoms with Crippen molar-refractivity contribution in [1.29, 1.82) is 5.26 Å². The van der Waals surface area contributed by atoms with Gasteiger partial charge in [0.15, 0.2) is 0 Å². The van der Waals surface area contributed by atoms with Crippen molar-refractivity contribution >= 4 is 5.91 Å². The van der Waals surface area contributed by atoms with Crippen LogP contribution in [0, 0.1) is 11.3 Å². The first-order valence-corrected chi connectivity index (χ1v) is 5.51. The molecule has 0 aromatic heterocycles. The summed E-state index contributed by atoms with van der Waals surface area (Å²) in [4.78, 5) is 13.6. The molecular weight excluding hydrogens is 220 g/mol. The van der Waals surface area contributed by atoms with Crippen molar-refractivity contribution in [3.8, 4) is 6.07 Å². The Morgan fingerprint density at radius 1 is 1.65 bits per heavy atom. The highest BCUT2D eigenvalue weighted by Gasteiger charge is 2.27. The van der Waals surface area contributed by atoms with Gasteiger partial charge in [-0.3, -0.25) is 10.6 Å². The standard InChI is InChI=1S/C11H18N4O2/c1-17-8-2-3-11(16)15-7-6-14(13)9-10(15)4-5-12/h2-3,10H,4,6-9,13H2,1H3/b3-2+/t10-/m0/s1. The smallest absolute Gasteiger partial charge is 0.246 e. The monoisotopic (exact) mass is 238 g/mol. The van der Waals surface area contributed by atoms with Crippen molar-refractivity contribution in [3.05, 3.63) is 12.2 Å². The van der Waals surface area contributed by atoms with Crippen LogP contribution >= 0.6 is 0 Å². The van der Waals surface area contributed by atoms with E-state index in [1.54, 1.807) is 23.1 Å². The molecule has 6 heteroatoms. The lowest BCUT2D eigenvalue weighted by atomic mass is 10.1. The van der Waals surface area contributed by atoms with Gasteiger partial charge in [-0.15, -0.1) is 0 Å². The molecule has 1 aliphatic rings. The molecule has 0 saturated carbocycles. The van der Waals surface area contributed by atoms with Crippen LogP contribution in [0.1, 0.15) is 6.42 Å². The van der Waals surface area contributed by atoms with Crippen LogP contribution in [0.3, 0.4) is 0 Å². The van der Waals surface area contributed by atoms with Gasteiger partial charge < -0.3 is 9.64 Å². The number of carbonyl (C=O) groups excluding carboxylic acids is 1. The van der Waals surface area contributed by atoms with E-state index in [0.29, 0.717) is 32.7 Å². The highest BCUT2D eigenvalue weighted by atomic mass is 16.5. The summed E-state index contributed by atoms with van der Waals surface area (Å²) in [5.41, 5.74) is 0. The van der Waals surface area contributed by atoms with E-state index >= 15 is 0 Å². The molecule has 0 spiro atoms. The molecule has 1 aliphatic heterocycles. The molecule has 94 valence electrons. The molecule has 0 unspecified atom stereocenters. The molecular formula is C11H18N4O2. The number of hydrogen-bond acceptors (Lipinski definition) is 5. The van der Waals surface area contributed by atoms with Gasteiger partial charge in [0.1, 0.15) is 0 Å². The number of ether oxygens (including phenoxy) is 1. The number of methoxy groups -OCH3 is 1. The van der Waals surface area contributed by atoms with Gasteiger partial charge in [0.05, 0.1) is 25.1 Å². The maximum atomic E-state index is 11.9. The lowest BCUT2D eigenvalue weighted by molar-refractivity contribution is -0.130. The fourth-order valence-corrected chi connectivity index (χ4v) is 1.79. The van der Waals surface area contributed by atoms with Crippen LogP contribution in [0.25, 0.3) is 0 Å². The van der Waals surface area contributed by atoms with Gasteiger partial charge in [0, 0.05) is 32.8 Å². The minimum atomic E-state index is -0.126. The second-order valence-corrected chi connectivity index (χ2v) is 3.90. The van der Waals surface area contributed by atoms with E-state index in [4.69, 9.17) is 15.8 Å². The van der Waals surface area contributed by atoms with Crippen LogP contribution in [0.5, 0.6) is 0 Å². The Kier molecular flexibility index (Phi) is 5.63. The van der Waals surface area contributed by atoms with Crippen molar-refractivity contribution in [2.45, 2.75) is 12.5 Å². The summed E-state index contributed by atoms with van der Waals surface area (Å²) in [7, 11) is 1.57. The normalized spacial score (nSPS) is 21.7. The Morgan fingerprint density at radius 2 is 2.41 bits per heavy atom. The van der Waals surface area contributed by atoms with Crippen LogP contribution < -0.4 is 5.84 Å². The van der Waals surface area contributed by atoms with Gasteiger partial charge in [0.25, 0.3) is 0 Å². The van der Waals surface area contributed by atoms with Gasteiger partial charge in [0.2, 0.25) is 5.91 Å². The second kappa shape index (κ2) is 7.01. The average molecular weight is 238 g/mol. The fraction of sp³-hybridized carbons (Fsp3) is 0.636. The topological polar surface area (TPSA) is 82.6 Å². The predicted molar refractivity (Wildman–Crippen MR) is 62.5 cm³/mol. The van der Waals surface area contributed by atoms with E-state index in [1.807, 2.05) is 0 Å². The van der Waals surface area contributed by atoms with Gasteiger partial charge >= 0.3 is 0 Å². The summed E-state index contributed by atoms with van der Waals surface area (Å²) >= 11 is 0. The summed E-state index contributed by atoms with van der Waals surface area (Å²) in [5, 5.41) is 10.4. The number of carbonyl (C=O) groups is 1. The lowest BCUT2D eigenvalue weighted by Crippen LogP contribution is -2.56. The molecule has 1 fully saturated rings. The molecule has 0 aromatic carbocycles. The van der Waals surface area contributed by atoms with E-state index in [9.17, 15) is 4.79 Å². The number of rotatable bonds is 4. The van der Waals surface area contributed by atoms with E-state index in [0.717, 1.165) is 0 Å². The fourth-order valence-electron chi connectivity index (χ4n) is 1.79. The number of amides is 1. The Labute approximate surface area is 101 Å². The Balaban J connectivity index is 2.60. The predicted octanol–water partition coefficient (Wildman–Crippen LogP) is -0.511. The maximum absolute atomic E-state index is 11.9. The van der Waals surface area contributed by atoms with Crippen LogP contribution in [0.15, 0.2) is 12.2 Å². The molecule has 0 bridgehead atoms. The third-order valence-corrected chi connectivity index (χ3v) is 2.65. The van der Waals surface area contributed by atoms with Gasteiger partial charge in [-0.25, -0.2) is 5.01 Å². The Hall–Kier alpha value is -1.42. The van der Waals surface area contributed by atoms with E-state index in [-0.39, 0.29) is 11.9 Å². The molecule has 1 heterocycles. The van der Waals surface area contributed by atoms with Crippen molar-refractivity contribution in [2.75, 3.05) is 33.4 Å². The quantitative estimate of drug-likeness (QED) is 0.527. The van der Waals surface area contributed by atoms with Gasteiger partial charge in [-0.05, 0) is 0 Å². The Morgan fingerprint density at radius 3 is 3.06 bits per heavy atom. The third-order valence-electron chi connectivity index (χ3n) is 2.65. The van der Waals surface area contributed by atoms with Gasteiger partial charge in [-0.1, -0.05) is 6.08 Å². The van der Waals surface area contributed by atoms with Crippen LogP contribution in [0.4, 0.5) is 0 Å². The van der Waals surface area contributed by atoms with E-state index < -0.39 is 0 Å². The van der Waals surface area contributed by atoms with Crippen LogP contribution in [0.2, 0.25) is 0 Å². The molecule has 17 heavy (non-hydrogen) atoms. The first-order valence-electron chi connectivity index (χ1n) is 5.51. The first kappa shape index (κ1) is 13.6. The zero-order chi connectivity index (χ0) is 12.7. The average Bonchev–Trinajstić information content (AvgIpc) is 2.30. The summed E-state index contributed by atoms with van der Waals surface area (Å²) in [5.74, 6) is 5.60. The minimum absolute atomic E-state index is 0.0876. The number of nitrogens with two attached hydrogens (primary N) is 1. The molecule has 1 amide bonds. The zero-order valence-corrected chi connectivity index (χ0v) is 10.0. The van der Waals surface area contributed by atoms with Crippen molar-refractivity contribution in [1.82, 2.24) is 9.91 Å². The van der Waals surface area contributed by atoms with Crippen LogP contribution in [-0.2, 0) is 9.53 Å². The number of hydrazine groups is 1. The summed E-state index contributed by atoms with van der Waals surface area (Å²) < 4.78 is 4.83. The summed E-state index contributed by atoms with van der Waals surface area (Å²) in [6.07, 6.45) is 3.46. The molecule has 1 saturated heterocycles. The SMILES string of the molecule is COC/C=C/C(=O)N1CCN(N)C[C@@H]1CC#N. The molecule has 0 radical (unpaired) electrons. The van der Waals surface area contributed by atoms with E-state index in [2.05, 4.69) is 6.07 Å². The minimum Gasteiger partial charge on any atom is -0.381 e. The van der Waals surface area contributed by atoms with Gasteiger partial charge in [-0.2, -0.15) is 5.26 Å². The first-order chi connectivity index (χ1) is 8.19. The second-order valence-electron chi connectivity index (χ2n) is 3.90. The summed E-state index contributed by atoms with van der Waals surface area (Å²) in [6, 6.07) is 1.96. The molecule has 2 N–H and O–H groups in total. The zero-order valence-electron chi connectivity index (χ0n) is 10.0. The molecule has 0 aromatic rings. The number of hydrogen-bond donors (Lipinski definition) is 1. The van der Waals surface area contributed by atoms with Crippen LogP contribution in [-0.4, -0.2) is 55.2 Å². The maximum Gasteiger partial charge on any atom is 0.246 e. The van der Waals surface area contributed by atoms with E-state index in [1.165, 1.54) is 6.08 Å².